The van der Waals surface area contributed by atoms with E-state index in [-0.39, 0.29) is 6.71 Å². The molecule has 0 aliphatic carbocycles. The van der Waals surface area contributed by atoms with Crippen molar-refractivity contribution in [1.82, 2.24) is 0 Å². The van der Waals surface area contributed by atoms with Gasteiger partial charge in [0.2, 0.25) is 0 Å². The molecule has 2 nitrogen and oxygen atoms in total. The van der Waals surface area contributed by atoms with Crippen LogP contribution in [0.25, 0.3) is 22.3 Å². The normalized spacial score (nSPS) is 12.9. The highest BCUT2D eigenvalue weighted by molar-refractivity contribution is 7.00. The van der Waals surface area contributed by atoms with Crippen LogP contribution in [0.4, 0.5) is 34.1 Å². The Morgan fingerprint density at radius 1 is 0.396 bits per heavy atom. The first kappa shape index (κ1) is 28.4. The summed E-state index contributed by atoms with van der Waals surface area (Å²) in [6.07, 6.45) is 0. The maximum atomic E-state index is 2.47. The first-order chi connectivity index (χ1) is 23.7. The van der Waals surface area contributed by atoms with Gasteiger partial charge in [-0.25, -0.2) is 0 Å². The van der Waals surface area contributed by atoms with Crippen LogP contribution >= 0.6 is 0 Å². The Balaban J connectivity index is 1.28. The average Bonchev–Trinajstić information content (AvgIpc) is 3.15. The minimum Gasteiger partial charge on any atom is -0.311 e. The van der Waals surface area contributed by atoms with Crippen LogP contribution < -0.4 is 26.2 Å². The zero-order valence-corrected chi connectivity index (χ0v) is 27.2. The predicted molar refractivity (Wildman–Crippen MR) is 205 cm³/mol. The molecule has 0 amide bonds. The highest BCUT2D eigenvalue weighted by atomic mass is 15.2. The lowest BCUT2D eigenvalue weighted by Crippen LogP contribution is -2.61. The molecule has 9 rings (SSSR count). The molecule has 0 saturated heterocycles. The second-order valence-electron chi connectivity index (χ2n) is 13.2. The van der Waals surface area contributed by atoms with E-state index in [9.17, 15) is 0 Å². The largest absolute Gasteiger partial charge is 0.311 e. The van der Waals surface area contributed by atoms with Gasteiger partial charge in [-0.2, -0.15) is 0 Å². The predicted octanol–water partition coefficient (Wildman–Crippen LogP) is 10.2. The van der Waals surface area contributed by atoms with Crippen molar-refractivity contribution in [2.24, 2.45) is 0 Å². The molecule has 7 aromatic rings. The highest BCUT2D eigenvalue weighted by Crippen LogP contribution is 2.44. The van der Waals surface area contributed by atoms with Crippen LogP contribution in [0, 0.1) is 0 Å². The van der Waals surface area contributed by atoms with Gasteiger partial charge < -0.3 is 9.80 Å². The molecule has 2 heterocycles. The lowest BCUT2D eigenvalue weighted by atomic mass is 9.33. The second kappa shape index (κ2) is 11.5. The molecule has 0 bridgehead atoms. The average molecular weight is 615 g/mol. The molecule has 0 spiro atoms. The van der Waals surface area contributed by atoms with Crippen molar-refractivity contribution in [2.75, 3.05) is 9.80 Å². The molecule has 0 saturated carbocycles. The summed E-state index contributed by atoms with van der Waals surface area (Å²) in [5.41, 5.74) is 17.5. The molecule has 0 N–H and O–H groups in total. The van der Waals surface area contributed by atoms with Gasteiger partial charge in [0.25, 0.3) is 6.71 Å². The summed E-state index contributed by atoms with van der Waals surface area (Å²) in [4.78, 5) is 4.92. The van der Waals surface area contributed by atoms with Crippen molar-refractivity contribution in [3.05, 3.63) is 175 Å². The van der Waals surface area contributed by atoms with E-state index in [2.05, 4.69) is 194 Å². The zero-order chi connectivity index (χ0) is 32.2. The van der Waals surface area contributed by atoms with Gasteiger partial charge in [0.05, 0.1) is 0 Å². The summed E-state index contributed by atoms with van der Waals surface area (Å²) in [7, 11) is 0. The van der Waals surface area contributed by atoms with Crippen molar-refractivity contribution in [2.45, 2.75) is 19.8 Å². The van der Waals surface area contributed by atoms with E-state index in [4.69, 9.17) is 0 Å². The number of hydrogen-bond donors (Lipinski definition) is 0. The minimum absolute atomic E-state index is 0.0945. The van der Waals surface area contributed by atoms with E-state index in [0.29, 0.717) is 5.92 Å². The molecule has 48 heavy (non-hydrogen) atoms. The number of rotatable bonds is 5. The molecule has 0 unspecified atom stereocenters. The number of para-hydroxylation sites is 2. The van der Waals surface area contributed by atoms with Crippen LogP contribution in [-0.2, 0) is 0 Å². The van der Waals surface area contributed by atoms with E-state index in [0.717, 1.165) is 5.69 Å². The first-order valence-electron chi connectivity index (χ1n) is 16.9. The third kappa shape index (κ3) is 4.58. The first-order valence-corrected chi connectivity index (χ1v) is 16.9. The fraction of sp³-hybridized carbons (Fsp3) is 0.0667. The Morgan fingerprint density at radius 2 is 0.896 bits per heavy atom. The van der Waals surface area contributed by atoms with Crippen molar-refractivity contribution >= 4 is 57.2 Å². The van der Waals surface area contributed by atoms with Gasteiger partial charge in [0, 0.05) is 34.1 Å². The van der Waals surface area contributed by atoms with Gasteiger partial charge in [-0.05, 0) is 98.7 Å². The van der Waals surface area contributed by atoms with E-state index < -0.39 is 0 Å². The lowest BCUT2D eigenvalue weighted by molar-refractivity contribution is 0.867. The number of benzene rings is 7. The summed E-state index contributed by atoms with van der Waals surface area (Å²) in [5.74, 6) is 0.505. The van der Waals surface area contributed by atoms with Crippen LogP contribution in [0.3, 0.4) is 0 Å². The molecule has 2 aliphatic heterocycles. The van der Waals surface area contributed by atoms with Crippen LogP contribution in [0.2, 0.25) is 0 Å². The van der Waals surface area contributed by atoms with Crippen LogP contribution in [0.1, 0.15) is 25.3 Å². The van der Waals surface area contributed by atoms with Gasteiger partial charge >= 0.3 is 0 Å². The Morgan fingerprint density at radius 3 is 1.58 bits per heavy atom. The topological polar surface area (TPSA) is 6.48 Å². The third-order valence-corrected chi connectivity index (χ3v) is 10.1. The van der Waals surface area contributed by atoms with E-state index in [1.54, 1.807) is 0 Å². The Kier molecular flexibility index (Phi) is 6.79. The van der Waals surface area contributed by atoms with E-state index in [1.165, 1.54) is 72.6 Å². The third-order valence-electron chi connectivity index (χ3n) is 10.1. The molecule has 0 fully saturated rings. The number of nitrogens with zero attached hydrogens (tertiary/aromatic N) is 2. The van der Waals surface area contributed by atoms with Crippen molar-refractivity contribution < 1.29 is 0 Å². The fourth-order valence-corrected chi connectivity index (χ4v) is 7.70. The molecule has 2 aliphatic rings. The maximum Gasteiger partial charge on any atom is 0.252 e. The smallest absolute Gasteiger partial charge is 0.252 e. The zero-order valence-electron chi connectivity index (χ0n) is 27.2. The highest BCUT2D eigenvalue weighted by Gasteiger charge is 2.43. The molecular formula is C45H35BN2. The quantitative estimate of drug-likeness (QED) is 0.178. The molecule has 0 atom stereocenters. The number of anilines is 6. The van der Waals surface area contributed by atoms with Crippen molar-refractivity contribution in [3.8, 4) is 22.3 Å². The van der Waals surface area contributed by atoms with Gasteiger partial charge in [0.1, 0.15) is 0 Å². The standard InChI is InChI=1S/C45H35BN2/c1-31(2)32-20-22-35(23-21-32)36-26-29-42-40(30-36)46-39-16-9-10-17-41(39)47(37-14-7-4-8-15-37)43-18-11-19-44(45(43)46)48(42)38-27-24-34(25-28-38)33-12-5-3-6-13-33/h3-31H,1-2H3. The van der Waals surface area contributed by atoms with Crippen molar-refractivity contribution in [1.29, 1.82) is 0 Å². The molecule has 0 aromatic heterocycles. The molecule has 0 radical (unpaired) electrons. The number of hydrogen-bond acceptors (Lipinski definition) is 2. The summed E-state index contributed by atoms with van der Waals surface area (Å²) in [5, 5.41) is 0. The maximum absolute atomic E-state index is 2.47. The SMILES string of the molecule is CC(C)c1ccc(-c2ccc3c(c2)B2c4ccccc4N(c4ccccc4)c4cccc(c42)N3c2ccc(-c3ccccc3)cc2)cc1. The Hall–Kier alpha value is -5.80. The van der Waals surface area contributed by atoms with E-state index in [1.807, 2.05) is 0 Å². The number of fused-ring (bicyclic) bond motifs is 4. The lowest BCUT2D eigenvalue weighted by Gasteiger charge is -2.44. The van der Waals surface area contributed by atoms with Crippen LogP contribution in [-0.4, -0.2) is 6.71 Å². The Bertz CT molecular complexity index is 2260. The summed E-state index contributed by atoms with van der Waals surface area (Å²) in [6, 6.07) is 62.5. The van der Waals surface area contributed by atoms with Crippen LogP contribution in [0.15, 0.2) is 170 Å². The monoisotopic (exact) mass is 614 g/mol. The van der Waals surface area contributed by atoms with Gasteiger partial charge in [-0.1, -0.05) is 135 Å². The molecule has 228 valence electrons. The Labute approximate surface area is 283 Å². The van der Waals surface area contributed by atoms with Crippen molar-refractivity contribution in [3.63, 3.8) is 0 Å². The summed E-state index contributed by atoms with van der Waals surface area (Å²) < 4.78 is 0. The molecular weight excluding hydrogens is 579 g/mol. The van der Waals surface area contributed by atoms with Gasteiger partial charge in [-0.3, -0.25) is 0 Å². The summed E-state index contributed by atoms with van der Waals surface area (Å²) >= 11 is 0. The van der Waals surface area contributed by atoms with Gasteiger partial charge in [-0.15, -0.1) is 0 Å². The van der Waals surface area contributed by atoms with E-state index >= 15 is 0 Å². The fourth-order valence-electron chi connectivity index (χ4n) is 7.70. The molecule has 3 heteroatoms. The van der Waals surface area contributed by atoms with Crippen LogP contribution in [0.5, 0.6) is 0 Å². The minimum atomic E-state index is 0.0945. The second-order valence-corrected chi connectivity index (χ2v) is 13.2. The summed E-state index contributed by atoms with van der Waals surface area (Å²) in [6.45, 7) is 4.60. The van der Waals surface area contributed by atoms with Gasteiger partial charge in [0.15, 0.2) is 0 Å². The molecule has 7 aromatic carbocycles.